The van der Waals surface area contributed by atoms with E-state index in [1.54, 1.807) is 0 Å². The number of rotatable bonds is 4. The lowest BCUT2D eigenvalue weighted by Crippen LogP contribution is -2.10. The van der Waals surface area contributed by atoms with Crippen LogP contribution < -0.4 is 5.73 Å². The average Bonchev–Trinajstić information content (AvgIpc) is 2.52. The summed E-state index contributed by atoms with van der Waals surface area (Å²) in [7, 11) is 0. The van der Waals surface area contributed by atoms with Gasteiger partial charge in [-0.05, 0) is 23.4 Å². The fourth-order valence-electron chi connectivity index (χ4n) is 0.981. The van der Waals surface area contributed by atoms with E-state index in [2.05, 4.69) is 0 Å². The van der Waals surface area contributed by atoms with Crippen LogP contribution in [0.1, 0.15) is 22.9 Å². The van der Waals surface area contributed by atoms with E-state index in [0.29, 0.717) is 6.42 Å². The molecular weight excluding hydrogens is 174 g/mol. The smallest absolute Gasteiger partial charge is 0.0774 e. The summed E-state index contributed by atoms with van der Waals surface area (Å²) in [5, 5.41) is 19.3. The third-order valence-electron chi connectivity index (χ3n) is 1.70. The number of aliphatic hydroxyl groups is 2. The summed E-state index contributed by atoms with van der Waals surface area (Å²) in [5.41, 5.74) is 6.74. The number of thiophene rings is 1. The van der Waals surface area contributed by atoms with Gasteiger partial charge in [-0.15, -0.1) is 11.3 Å². The molecule has 1 aromatic rings. The molecule has 0 saturated carbocycles. The van der Waals surface area contributed by atoms with Gasteiger partial charge in [0.2, 0.25) is 0 Å². The zero-order chi connectivity index (χ0) is 8.97. The van der Waals surface area contributed by atoms with Gasteiger partial charge in [-0.1, -0.05) is 0 Å². The van der Waals surface area contributed by atoms with Crippen molar-refractivity contribution in [1.82, 2.24) is 0 Å². The number of hydrogen-bond donors (Lipinski definition) is 3. The van der Waals surface area contributed by atoms with Crippen LogP contribution in [-0.4, -0.2) is 16.8 Å². The summed E-state index contributed by atoms with van der Waals surface area (Å²) in [6.07, 6.45) is 0.571. The van der Waals surface area contributed by atoms with Gasteiger partial charge >= 0.3 is 0 Å². The van der Waals surface area contributed by atoms with Gasteiger partial charge in [0.15, 0.2) is 0 Å². The number of aliphatic hydroxyl groups excluding tert-OH is 2. The van der Waals surface area contributed by atoms with Crippen LogP contribution in [-0.2, 0) is 6.61 Å². The van der Waals surface area contributed by atoms with Gasteiger partial charge in [0.1, 0.15) is 0 Å². The fraction of sp³-hybridized carbons (Fsp3) is 0.500. The van der Waals surface area contributed by atoms with Crippen LogP contribution in [0.3, 0.4) is 0 Å². The molecule has 68 valence electrons. The van der Waals surface area contributed by atoms with Gasteiger partial charge in [-0.3, -0.25) is 0 Å². The molecule has 3 nitrogen and oxygen atoms in total. The molecular formula is C8H13NO2S. The lowest BCUT2D eigenvalue weighted by atomic mass is 10.1. The molecule has 0 fully saturated rings. The molecule has 1 aromatic heterocycles. The summed E-state index contributed by atoms with van der Waals surface area (Å²) < 4.78 is 0. The van der Waals surface area contributed by atoms with E-state index in [9.17, 15) is 0 Å². The minimum Gasteiger partial charge on any atom is -0.396 e. The number of hydrogen-bond acceptors (Lipinski definition) is 4. The van der Waals surface area contributed by atoms with Gasteiger partial charge in [0.05, 0.1) is 6.61 Å². The Bertz CT molecular complexity index is 237. The Morgan fingerprint density at radius 2 is 2.25 bits per heavy atom. The quantitative estimate of drug-likeness (QED) is 0.647. The van der Waals surface area contributed by atoms with Crippen molar-refractivity contribution in [2.24, 2.45) is 5.73 Å². The molecule has 0 aliphatic rings. The monoisotopic (exact) mass is 187 g/mol. The first-order chi connectivity index (χ1) is 5.77. The van der Waals surface area contributed by atoms with Crippen molar-refractivity contribution in [2.45, 2.75) is 19.1 Å². The predicted octanol–water partition coefficient (Wildman–Crippen LogP) is 0.623. The van der Waals surface area contributed by atoms with Crippen molar-refractivity contribution < 1.29 is 10.2 Å². The van der Waals surface area contributed by atoms with Crippen LogP contribution >= 0.6 is 11.3 Å². The van der Waals surface area contributed by atoms with Gasteiger partial charge < -0.3 is 15.9 Å². The molecule has 4 N–H and O–H groups in total. The van der Waals surface area contributed by atoms with Crippen molar-refractivity contribution in [3.8, 4) is 0 Å². The van der Waals surface area contributed by atoms with E-state index in [4.69, 9.17) is 15.9 Å². The highest BCUT2D eigenvalue weighted by Crippen LogP contribution is 2.21. The third-order valence-corrected chi connectivity index (χ3v) is 2.64. The van der Waals surface area contributed by atoms with E-state index in [1.807, 2.05) is 11.4 Å². The highest BCUT2D eigenvalue weighted by molar-refractivity contribution is 7.10. The second-order valence-electron chi connectivity index (χ2n) is 2.62. The average molecular weight is 187 g/mol. The van der Waals surface area contributed by atoms with Crippen LogP contribution in [0, 0.1) is 0 Å². The Morgan fingerprint density at radius 3 is 2.75 bits per heavy atom. The standard InChI is InChI=1S/C8H13NO2S/c9-8(1-2-10)6-3-7(4-11)12-5-6/h3,5,8,10-11H,1-2,4,9H2/t8-/m0/s1. The molecule has 0 saturated heterocycles. The Balaban J connectivity index is 2.61. The molecule has 1 atom stereocenters. The molecule has 4 heteroatoms. The summed E-state index contributed by atoms with van der Waals surface area (Å²) >= 11 is 1.49. The zero-order valence-electron chi connectivity index (χ0n) is 6.73. The summed E-state index contributed by atoms with van der Waals surface area (Å²) in [4.78, 5) is 0.915. The van der Waals surface area contributed by atoms with Crippen LogP contribution in [0.15, 0.2) is 11.4 Å². The van der Waals surface area contributed by atoms with Crippen LogP contribution in [0.25, 0.3) is 0 Å². The van der Waals surface area contributed by atoms with Gasteiger partial charge in [0, 0.05) is 17.5 Å². The first-order valence-corrected chi connectivity index (χ1v) is 4.70. The van der Waals surface area contributed by atoms with Crippen molar-refractivity contribution in [3.63, 3.8) is 0 Å². The van der Waals surface area contributed by atoms with E-state index >= 15 is 0 Å². The molecule has 0 aromatic carbocycles. The molecule has 0 amide bonds. The Labute approximate surface area is 75.5 Å². The molecule has 0 unspecified atom stereocenters. The maximum absolute atomic E-state index is 8.78. The van der Waals surface area contributed by atoms with E-state index in [-0.39, 0.29) is 19.3 Å². The highest BCUT2D eigenvalue weighted by atomic mass is 32.1. The van der Waals surface area contributed by atoms with Crippen LogP contribution in [0.4, 0.5) is 0 Å². The normalized spacial score (nSPS) is 13.2. The maximum Gasteiger partial charge on any atom is 0.0774 e. The zero-order valence-corrected chi connectivity index (χ0v) is 7.55. The van der Waals surface area contributed by atoms with Crippen LogP contribution in [0.5, 0.6) is 0 Å². The molecule has 1 rings (SSSR count). The van der Waals surface area contributed by atoms with E-state index < -0.39 is 0 Å². The van der Waals surface area contributed by atoms with Crippen molar-refractivity contribution in [3.05, 3.63) is 21.9 Å². The fourth-order valence-corrected chi connectivity index (χ4v) is 1.79. The highest BCUT2D eigenvalue weighted by Gasteiger charge is 2.07. The predicted molar refractivity (Wildman–Crippen MR) is 48.9 cm³/mol. The van der Waals surface area contributed by atoms with Crippen molar-refractivity contribution in [1.29, 1.82) is 0 Å². The molecule has 0 spiro atoms. The minimum absolute atomic E-state index is 0.0660. The molecule has 0 aliphatic heterocycles. The number of nitrogens with two attached hydrogens (primary N) is 1. The van der Waals surface area contributed by atoms with Crippen molar-refractivity contribution in [2.75, 3.05) is 6.61 Å². The second-order valence-corrected chi connectivity index (χ2v) is 3.62. The summed E-state index contributed by atoms with van der Waals surface area (Å²) in [6, 6.07) is 1.77. The third kappa shape index (κ3) is 2.28. The molecule has 1 heterocycles. The van der Waals surface area contributed by atoms with Crippen molar-refractivity contribution >= 4 is 11.3 Å². The largest absolute Gasteiger partial charge is 0.396 e. The molecule has 0 aliphatic carbocycles. The van der Waals surface area contributed by atoms with Crippen LogP contribution in [0.2, 0.25) is 0 Å². The Kier molecular flexibility index (Phi) is 3.68. The maximum atomic E-state index is 8.78. The summed E-state index contributed by atoms with van der Waals surface area (Å²) in [6.45, 7) is 0.169. The first kappa shape index (κ1) is 9.67. The summed E-state index contributed by atoms with van der Waals surface area (Å²) in [5.74, 6) is 0. The topological polar surface area (TPSA) is 66.5 Å². The lowest BCUT2D eigenvalue weighted by Gasteiger charge is -2.05. The molecule has 0 radical (unpaired) electrons. The van der Waals surface area contributed by atoms with E-state index in [1.165, 1.54) is 11.3 Å². The van der Waals surface area contributed by atoms with Gasteiger partial charge in [0.25, 0.3) is 0 Å². The van der Waals surface area contributed by atoms with Gasteiger partial charge in [-0.2, -0.15) is 0 Å². The molecule has 12 heavy (non-hydrogen) atoms. The van der Waals surface area contributed by atoms with E-state index in [0.717, 1.165) is 10.4 Å². The Morgan fingerprint density at radius 1 is 1.50 bits per heavy atom. The first-order valence-electron chi connectivity index (χ1n) is 3.82. The minimum atomic E-state index is -0.105. The SMILES string of the molecule is N[C@@H](CCO)c1csc(CO)c1. The second kappa shape index (κ2) is 4.57. The Hall–Kier alpha value is -0.420. The molecule has 0 bridgehead atoms. The van der Waals surface area contributed by atoms with Gasteiger partial charge in [-0.25, -0.2) is 0 Å². The lowest BCUT2D eigenvalue weighted by molar-refractivity contribution is 0.276.